The predicted molar refractivity (Wildman–Crippen MR) is 89.3 cm³/mol. The summed E-state index contributed by atoms with van der Waals surface area (Å²) in [7, 11) is 0. The molecule has 0 aliphatic carbocycles. The van der Waals surface area contributed by atoms with Crippen LogP contribution in [0.1, 0.15) is 30.8 Å². The number of amides is 2. The van der Waals surface area contributed by atoms with Gasteiger partial charge < -0.3 is 14.8 Å². The second kappa shape index (κ2) is 6.24. The fourth-order valence-electron chi connectivity index (χ4n) is 3.15. The number of benzene rings is 1. The zero-order chi connectivity index (χ0) is 16.6. The van der Waals surface area contributed by atoms with E-state index < -0.39 is 5.82 Å². The average Bonchev–Trinajstić information content (AvgIpc) is 2.91. The van der Waals surface area contributed by atoms with E-state index in [0.717, 1.165) is 18.7 Å². The van der Waals surface area contributed by atoms with E-state index in [2.05, 4.69) is 35.9 Å². The van der Waals surface area contributed by atoms with Crippen molar-refractivity contribution in [2.75, 3.05) is 11.9 Å². The lowest BCUT2D eigenvalue weighted by Gasteiger charge is -2.37. The van der Waals surface area contributed by atoms with Gasteiger partial charge in [-0.25, -0.2) is 9.18 Å². The van der Waals surface area contributed by atoms with Crippen molar-refractivity contribution < 1.29 is 9.18 Å². The third-order valence-electron chi connectivity index (χ3n) is 4.33. The molecule has 4 nitrogen and oxygen atoms in total. The molecule has 0 spiro atoms. The summed E-state index contributed by atoms with van der Waals surface area (Å²) in [5.74, 6) is -0.498. The van der Waals surface area contributed by atoms with Crippen molar-refractivity contribution in [3.05, 3.63) is 52.6 Å². The molecule has 0 fully saturated rings. The number of urea groups is 1. The summed E-state index contributed by atoms with van der Waals surface area (Å²) in [5.41, 5.74) is 2.86. The van der Waals surface area contributed by atoms with Crippen molar-refractivity contribution in [2.45, 2.75) is 32.9 Å². The van der Waals surface area contributed by atoms with Crippen LogP contribution in [0.2, 0.25) is 5.02 Å². The summed E-state index contributed by atoms with van der Waals surface area (Å²) in [5, 5.41) is 2.81. The molecule has 2 aromatic rings. The molecule has 122 valence electrons. The number of rotatable bonds is 2. The molecule has 1 aliphatic heterocycles. The number of nitrogens with one attached hydrogen (secondary N) is 1. The highest BCUT2D eigenvalue weighted by Gasteiger charge is 2.30. The summed E-state index contributed by atoms with van der Waals surface area (Å²) < 4.78 is 15.5. The number of carbonyl (C=O) groups is 1. The third kappa shape index (κ3) is 2.93. The fourth-order valence-corrected chi connectivity index (χ4v) is 3.33. The van der Waals surface area contributed by atoms with Crippen LogP contribution in [0.15, 0.2) is 30.3 Å². The maximum absolute atomic E-state index is 13.2. The summed E-state index contributed by atoms with van der Waals surface area (Å²) in [4.78, 5) is 14.4. The largest absolute Gasteiger partial charge is 0.345 e. The van der Waals surface area contributed by atoms with Crippen LogP contribution in [0.4, 0.5) is 14.9 Å². The van der Waals surface area contributed by atoms with Crippen molar-refractivity contribution in [3.63, 3.8) is 0 Å². The van der Waals surface area contributed by atoms with Gasteiger partial charge >= 0.3 is 6.03 Å². The highest BCUT2D eigenvalue weighted by atomic mass is 35.5. The Kier molecular flexibility index (Phi) is 4.31. The summed E-state index contributed by atoms with van der Waals surface area (Å²) in [6.45, 7) is 5.56. The Morgan fingerprint density at radius 3 is 2.83 bits per heavy atom. The minimum atomic E-state index is -0.498. The Morgan fingerprint density at radius 1 is 1.35 bits per heavy atom. The van der Waals surface area contributed by atoms with E-state index in [4.69, 9.17) is 11.6 Å². The van der Waals surface area contributed by atoms with Crippen LogP contribution in [0.3, 0.4) is 0 Å². The monoisotopic (exact) mass is 335 g/mol. The second-order valence-corrected chi connectivity index (χ2v) is 6.13. The summed E-state index contributed by atoms with van der Waals surface area (Å²) in [6, 6.07) is 8.19. The van der Waals surface area contributed by atoms with Crippen LogP contribution in [-0.2, 0) is 6.54 Å². The van der Waals surface area contributed by atoms with Gasteiger partial charge in [0.1, 0.15) is 5.82 Å². The summed E-state index contributed by atoms with van der Waals surface area (Å²) >= 11 is 5.77. The topological polar surface area (TPSA) is 37.3 Å². The fraction of sp³-hybridized carbons (Fsp3) is 0.353. The predicted octanol–water partition coefficient (Wildman–Crippen LogP) is 4.59. The van der Waals surface area contributed by atoms with Crippen molar-refractivity contribution in [1.82, 2.24) is 9.47 Å². The van der Waals surface area contributed by atoms with Crippen molar-refractivity contribution >= 4 is 23.3 Å². The molecule has 0 bridgehead atoms. The van der Waals surface area contributed by atoms with Gasteiger partial charge in [0, 0.05) is 30.2 Å². The van der Waals surface area contributed by atoms with Gasteiger partial charge in [0.05, 0.1) is 11.1 Å². The molecule has 23 heavy (non-hydrogen) atoms. The maximum atomic E-state index is 13.2. The minimum Gasteiger partial charge on any atom is -0.345 e. The normalized spacial score (nSPS) is 17.0. The molecule has 3 rings (SSSR count). The Hall–Kier alpha value is -2.01. The molecule has 0 saturated heterocycles. The van der Waals surface area contributed by atoms with Gasteiger partial charge in [0.2, 0.25) is 0 Å². The molecule has 1 aliphatic rings. The van der Waals surface area contributed by atoms with Crippen LogP contribution in [-0.4, -0.2) is 22.0 Å². The number of hydrogen-bond acceptors (Lipinski definition) is 1. The van der Waals surface area contributed by atoms with Gasteiger partial charge in [0.15, 0.2) is 0 Å². The number of carbonyl (C=O) groups excluding carboxylic acids is 1. The van der Waals surface area contributed by atoms with Crippen LogP contribution in [0, 0.1) is 12.7 Å². The second-order valence-electron chi connectivity index (χ2n) is 5.73. The van der Waals surface area contributed by atoms with Crippen molar-refractivity contribution in [3.8, 4) is 0 Å². The van der Waals surface area contributed by atoms with Gasteiger partial charge in [0.25, 0.3) is 0 Å². The van der Waals surface area contributed by atoms with E-state index in [9.17, 15) is 9.18 Å². The third-order valence-corrected chi connectivity index (χ3v) is 4.62. The first-order chi connectivity index (χ1) is 11.0. The first-order valence-corrected chi connectivity index (χ1v) is 8.07. The minimum absolute atomic E-state index is 0.00186. The smallest absolute Gasteiger partial charge is 0.322 e. The Labute approximate surface area is 139 Å². The van der Waals surface area contributed by atoms with E-state index in [0.29, 0.717) is 12.2 Å². The van der Waals surface area contributed by atoms with Crippen LogP contribution in [0.5, 0.6) is 0 Å². The Bertz CT molecular complexity index is 743. The molecule has 0 radical (unpaired) electrons. The molecule has 1 N–H and O–H groups in total. The standard InChI is InChI=1S/C17H19ClFN3O/c1-3-15-16-7-4-11(2)21(16)8-9-22(15)17(23)20-12-5-6-14(19)13(18)10-12/h4-7,10,15H,3,8-9H2,1-2H3,(H,20,23)/t15-/m0/s1. The van der Waals surface area contributed by atoms with Gasteiger partial charge in [-0.05, 0) is 43.7 Å². The van der Waals surface area contributed by atoms with Crippen LogP contribution in [0.25, 0.3) is 0 Å². The first-order valence-electron chi connectivity index (χ1n) is 7.70. The zero-order valence-electron chi connectivity index (χ0n) is 13.1. The highest BCUT2D eigenvalue weighted by Crippen LogP contribution is 2.31. The molecule has 2 amide bonds. The van der Waals surface area contributed by atoms with E-state index in [-0.39, 0.29) is 17.1 Å². The molecule has 0 unspecified atom stereocenters. The van der Waals surface area contributed by atoms with E-state index in [1.807, 2.05) is 4.90 Å². The zero-order valence-corrected chi connectivity index (χ0v) is 13.9. The maximum Gasteiger partial charge on any atom is 0.322 e. The average molecular weight is 336 g/mol. The number of hydrogen-bond donors (Lipinski definition) is 1. The SMILES string of the molecule is CC[C@H]1c2ccc(C)n2CCN1C(=O)Nc1ccc(F)c(Cl)c1. The number of nitrogens with zero attached hydrogens (tertiary/aromatic N) is 2. The lowest BCUT2D eigenvalue weighted by Crippen LogP contribution is -2.44. The Balaban J connectivity index is 1.80. The number of aromatic nitrogens is 1. The van der Waals surface area contributed by atoms with Gasteiger partial charge in [-0.3, -0.25) is 0 Å². The molecule has 6 heteroatoms. The van der Waals surface area contributed by atoms with Gasteiger partial charge in [-0.1, -0.05) is 18.5 Å². The quantitative estimate of drug-likeness (QED) is 0.856. The molecular weight excluding hydrogens is 317 g/mol. The van der Waals surface area contributed by atoms with Crippen LogP contribution < -0.4 is 5.32 Å². The molecule has 1 aromatic heterocycles. The van der Waals surface area contributed by atoms with E-state index in [1.54, 1.807) is 0 Å². The van der Waals surface area contributed by atoms with Gasteiger partial charge in [-0.2, -0.15) is 0 Å². The molecule has 1 atom stereocenters. The van der Waals surface area contributed by atoms with Crippen molar-refractivity contribution in [1.29, 1.82) is 0 Å². The van der Waals surface area contributed by atoms with E-state index in [1.165, 1.54) is 23.9 Å². The number of aryl methyl sites for hydroxylation is 1. The number of fused-ring (bicyclic) bond motifs is 1. The van der Waals surface area contributed by atoms with E-state index >= 15 is 0 Å². The molecule has 0 saturated carbocycles. The number of halogens is 2. The van der Waals surface area contributed by atoms with Crippen LogP contribution >= 0.6 is 11.6 Å². The molecular formula is C17H19ClFN3O. The number of anilines is 1. The first kappa shape index (κ1) is 15.9. The van der Waals surface area contributed by atoms with Crippen molar-refractivity contribution in [2.24, 2.45) is 0 Å². The molecule has 2 heterocycles. The Morgan fingerprint density at radius 2 is 2.13 bits per heavy atom. The lowest BCUT2D eigenvalue weighted by molar-refractivity contribution is 0.165. The summed E-state index contributed by atoms with van der Waals surface area (Å²) in [6.07, 6.45) is 0.834. The lowest BCUT2D eigenvalue weighted by atomic mass is 10.1. The van der Waals surface area contributed by atoms with Gasteiger partial charge in [-0.15, -0.1) is 0 Å². The molecule has 1 aromatic carbocycles. The highest BCUT2D eigenvalue weighted by molar-refractivity contribution is 6.31.